The van der Waals surface area contributed by atoms with Gasteiger partial charge in [0.25, 0.3) is 5.91 Å². The van der Waals surface area contributed by atoms with E-state index in [0.29, 0.717) is 11.8 Å². The lowest BCUT2D eigenvalue weighted by molar-refractivity contribution is -0.314. The van der Waals surface area contributed by atoms with Crippen LogP contribution in [0.15, 0.2) is 60.7 Å². The zero-order valence-electron chi connectivity index (χ0n) is 18.0. The van der Waals surface area contributed by atoms with Gasteiger partial charge in [-0.05, 0) is 12.1 Å². The molecule has 9 nitrogen and oxygen atoms in total. The third kappa shape index (κ3) is 5.28. The zero-order valence-corrected chi connectivity index (χ0v) is 18.0. The Morgan fingerprint density at radius 1 is 1.06 bits per heavy atom. The van der Waals surface area contributed by atoms with E-state index in [2.05, 4.69) is 10.1 Å². The molecule has 4 rings (SSSR count). The monoisotopic (exact) mass is 455 g/mol. The highest BCUT2D eigenvalue weighted by atomic mass is 16.7. The van der Waals surface area contributed by atoms with Gasteiger partial charge in [-0.2, -0.15) is 0 Å². The highest BCUT2D eigenvalue weighted by Crippen LogP contribution is 2.35. The molecule has 1 N–H and O–H groups in total. The smallest absolute Gasteiger partial charge is 0.331 e. The van der Waals surface area contributed by atoms with Crippen LogP contribution in [0.3, 0.4) is 0 Å². The summed E-state index contributed by atoms with van der Waals surface area (Å²) in [5.74, 6) is -1.01. The van der Waals surface area contributed by atoms with Crippen LogP contribution in [-0.2, 0) is 33.3 Å². The number of carbonyl (C=O) groups is 3. The minimum Gasteiger partial charge on any atom is -0.467 e. The molecule has 2 aliphatic heterocycles. The molecule has 2 aromatic rings. The van der Waals surface area contributed by atoms with Gasteiger partial charge in [0, 0.05) is 11.1 Å². The number of hydrogen-bond donors (Lipinski definition) is 1. The Hall–Kier alpha value is -3.11. The van der Waals surface area contributed by atoms with Crippen molar-refractivity contribution >= 4 is 18.2 Å². The van der Waals surface area contributed by atoms with Crippen LogP contribution >= 0.6 is 0 Å². The maximum Gasteiger partial charge on any atom is 0.331 e. The summed E-state index contributed by atoms with van der Waals surface area (Å²) in [5, 5.41) is 2.82. The van der Waals surface area contributed by atoms with Gasteiger partial charge in [0.15, 0.2) is 12.6 Å². The molecule has 2 saturated heterocycles. The number of nitrogens with one attached hydrogen (secondary N) is 1. The normalized spacial score (nSPS) is 28.9. The Bertz CT molecular complexity index is 953. The molecule has 33 heavy (non-hydrogen) atoms. The molecule has 0 aromatic heterocycles. The van der Waals surface area contributed by atoms with Gasteiger partial charge in [0.05, 0.1) is 19.8 Å². The van der Waals surface area contributed by atoms with E-state index in [-0.39, 0.29) is 13.2 Å². The molecule has 6 atom stereocenters. The molecular weight excluding hydrogens is 430 g/mol. The molecular formula is C24H25NO8. The number of benzene rings is 2. The van der Waals surface area contributed by atoms with E-state index >= 15 is 0 Å². The Morgan fingerprint density at radius 2 is 1.76 bits per heavy atom. The summed E-state index contributed by atoms with van der Waals surface area (Å²) in [5.41, 5.74) is 1.20. The minimum atomic E-state index is -1.03. The first-order chi connectivity index (χ1) is 16.1. The third-order valence-corrected chi connectivity index (χ3v) is 5.58. The lowest BCUT2D eigenvalue weighted by Crippen LogP contribution is -2.67. The van der Waals surface area contributed by atoms with Crippen molar-refractivity contribution in [3.8, 4) is 0 Å². The molecule has 2 aliphatic rings. The number of amides is 1. The molecule has 0 aliphatic carbocycles. The maximum atomic E-state index is 12.9. The predicted octanol–water partition coefficient (Wildman–Crippen LogP) is 1.42. The summed E-state index contributed by atoms with van der Waals surface area (Å²) in [6.07, 6.45) is -3.34. The van der Waals surface area contributed by atoms with Crippen LogP contribution in [0.1, 0.15) is 22.2 Å². The fourth-order valence-corrected chi connectivity index (χ4v) is 3.94. The van der Waals surface area contributed by atoms with Crippen molar-refractivity contribution in [2.24, 2.45) is 0 Å². The van der Waals surface area contributed by atoms with Crippen molar-refractivity contribution in [2.75, 3.05) is 20.3 Å². The minimum absolute atomic E-state index is 0.145. The summed E-state index contributed by atoms with van der Waals surface area (Å²) in [6.45, 7) is -0.236. The molecule has 1 amide bonds. The van der Waals surface area contributed by atoms with Crippen LogP contribution in [-0.4, -0.2) is 68.9 Å². The standard InChI is InChI=1S/C24H25NO8/c1-29-19(27)14-30-22-20(25-23(28)15-8-4-2-5-9-15)17(12-26)32-18-13-31-24(33-21(18)22)16-10-6-3-7-11-16/h2-12,17-18,20-22,24H,13-14H2,1H3,(H,25,28)/t17-,18?,20?,21-,22?,24?/m0/s1. The van der Waals surface area contributed by atoms with Gasteiger partial charge in [0.1, 0.15) is 31.0 Å². The largest absolute Gasteiger partial charge is 0.467 e. The van der Waals surface area contributed by atoms with E-state index in [1.807, 2.05) is 30.3 Å². The average molecular weight is 455 g/mol. The number of fused-ring (bicyclic) bond motifs is 1. The van der Waals surface area contributed by atoms with Gasteiger partial charge in [-0.25, -0.2) is 4.79 Å². The van der Waals surface area contributed by atoms with Gasteiger partial charge in [-0.15, -0.1) is 0 Å². The topological polar surface area (TPSA) is 109 Å². The van der Waals surface area contributed by atoms with Crippen LogP contribution < -0.4 is 5.32 Å². The molecule has 2 fully saturated rings. The maximum absolute atomic E-state index is 12.9. The van der Waals surface area contributed by atoms with E-state index in [4.69, 9.17) is 18.9 Å². The Labute approximate surface area is 190 Å². The molecule has 9 heteroatoms. The Kier molecular flexibility index (Phi) is 7.46. The number of methoxy groups -OCH3 is 1. The van der Waals surface area contributed by atoms with Gasteiger partial charge < -0.3 is 33.8 Å². The van der Waals surface area contributed by atoms with E-state index in [9.17, 15) is 14.4 Å². The molecule has 0 spiro atoms. The van der Waals surface area contributed by atoms with Crippen molar-refractivity contribution in [1.82, 2.24) is 5.32 Å². The van der Waals surface area contributed by atoms with Gasteiger partial charge in [-0.3, -0.25) is 4.79 Å². The second-order valence-electron chi connectivity index (χ2n) is 7.67. The highest BCUT2D eigenvalue weighted by Gasteiger charge is 2.51. The van der Waals surface area contributed by atoms with Gasteiger partial charge in [-0.1, -0.05) is 48.5 Å². The molecule has 0 bridgehead atoms. The number of esters is 1. The van der Waals surface area contributed by atoms with E-state index in [1.165, 1.54) is 7.11 Å². The molecule has 174 valence electrons. The van der Waals surface area contributed by atoms with Gasteiger partial charge >= 0.3 is 5.97 Å². The van der Waals surface area contributed by atoms with Crippen molar-refractivity contribution in [3.63, 3.8) is 0 Å². The molecule has 2 aromatic carbocycles. The first kappa shape index (κ1) is 23.1. The van der Waals surface area contributed by atoms with Gasteiger partial charge in [0.2, 0.25) is 0 Å². The molecule has 2 heterocycles. The quantitative estimate of drug-likeness (QED) is 0.493. The van der Waals surface area contributed by atoms with Crippen molar-refractivity contribution in [1.29, 1.82) is 0 Å². The van der Waals surface area contributed by atoms with Crippen molar-refractivity contribution in [2.45, 2.75) is 36.7 Å². The van der Waals surface area contributed by atoms with Crippen LogP contribution in [0.25, 0.3) is 0 Å². The number of rotatable bonds is 7. The fourth-order valence-electron chi connectivity index (χ4n) is 3.94. The van der Waals surface area contributed by atoms with Crippen LogP contribution in [0.4, 0.5) is 0 Å². The van der Waals surface area contributed by atoms with E-state index in [0.717, 1.165) is 5.56 Å². The predicted molar refractivity (Wildman–Crippen MR) is 114 cm³/mol. The molecule has 0 radical (unpaired) electrons. The second-order valence-corrected chi connectivity index (χ2v) is 7.67. The summed E-state index contributed by atoms with van der Waals surface area (Å²) < 4.78 is 28.4. The number of hydrogen-bond acceptors (Lipinski definition) is 8. The number of aldehydes is 1. The summed E-state index contributed by atoms with van der Waals surface area (Å²) in [7, 11) is 1.25. The zero-order chi connectivity index (χ0) is 23.2. The molecule has 4 unspecified atom stereocenters. The lowest BCUT2D eigenvalue weighted by atomic mass is 9.91. The Balaban J connectivity index is 1.60. The van der Waals surface area contributed by atoms with Crippen LogP contribution in [0.2, 0.25) is 0 Å². The SMILES string of the molecule is COC(=O)COC1C(NC(=O)c2ccccc2)[C@H](C=O)OC2COC(c3ccccc3)O[C@@H]21. The lowest BCUT2D eigenvalue weighted by Gasteiger charge is -2.48. The first-order valence-corrected chi connectivity index (χ1v) is 10.6. The third-order valence-electron chi connectivity index (χ3n) is 5.58. The molecule has 0 saturated carbocycles. The number of carbonyl (C=O) groups excluding carboxylic acids is 3. The first-order valence-electron chi connectivity index (χ1n) is 10.6. The average Bonchev–Trinajstić information content (AvgIpc) is 2.88. The fraction of sp³-hybridized carbons (Fsp3) is 0.375. The second kappa shape index (κ2) is 10.7. The summed E-state index contributed by atoms with van der Waals surface area (Å²) in [4.78, 5) is 36.5. The highest BCUT2D eigenvalue weighted by molar-refractivity contribution is 5.94. The Morgan fingerprint density at radius 3 is 2.42 bits per heavy atom. The summed E-state index contributed by atoms with van der Waals surface area (Å²) >= 11 is 0. The van der Waals surface area contributed by atoms with E-state index < -0.39 is 48.6 Å². The van der Waals surface area contributed by atoms with Crippen LogP contribution in [0.5, 0.6) is 0 Å². The summed E-state index contributed by atoms with van der Waals surface area (Å²) in [6, 6.07) is 17.0. The number of ether oxygens (including phenoxy) is 5. The van der Waals surface area contributed by atoms with Crippen LogP contribution in [0, 0.1) is 0 Å². The van der Waals surface area contributed by atoms with Crippen molar-refractivity contribution < 1.29 is 38.1 Å². The van der Waals surface area contributed by atoms with Crippen molar-refractivity contribution in [3.05, 3.63) is 71.8 Å². The van der Waals surface area contributed by atoms with E-state index in [1.54, 1.807) is 30.3 Å².